The first-order valence-electron chi connectivity index (χ1n) is 6.70. The van der Waals surface area contributed by atoms with Gasteiger partial charge in [0.15, 0.2) is 12.4 Å². The number of nitrogens with one attached hydrogen (secondary N) is 1. The SMILES string of the molecule is O=C(COc1ccc(Cl)cc1)Nc1ccc(-n2cncn2)nc1. The summed E-state index contributed by atoms with van der Waals surface area (Å²) in [6.07, 6.45) is 4.50. The maximum absolute atomic E-state index is 11.8. The Kier molecular flexibility index (Phi) is 4.49. The molecule has 0 atom stereocenters. The number of anilines is 1. The largest absolute Gasteiger partial charge is 0.484 e. The van der Waals surface area contributed by atoms with Gasteiger partial charge >= 0.3 is 0 Å². The lowest BCUT2D eigenvalue weighted by Crippen LogP contribution is -2.20. The van der Waals surface area contributed by atoms with E-state index in [0.717, 1.165) is 0 Å². The van der Waals surface area contributed by atoms with Crippen LogP contribution in [0.2, 0.25) is 5.02 Å². The van der Waals surface area contributed by atoms with Crippen molar-refractivity contribution in [3.63, 3.8) is 0 Å². The van der Waals surface area contributed by atoms with Crippen LogP contribution in [0.3, 0.4) is 0 Å². The molecule has 0 spiro atoms. The van der Waals surface area contributed by atoms with E-state index < -0.39 is 0 Å². The van der Waals surface area contributed by atoms with Crippen LogP contribution in [0.5, 0.6) is 5.75 Å². The van der Waals surface area contributed by atoms with Crippen LogP contribution in [0.25, 0.3) is 5.82 Å². The van der Waals surface area contributed by atoms with Crippen LogP contribution in [-0.2, 0) is 4.79 Å². The van der Waals surface area contributed by atoms with Gasteiger partial charge in [-0.05, 0) is 36.4 Å². The van der Waals surface area contributed by atoms with Crippen LogP contribution in [-0.4, -0.2) is 32.3 Å². The Bertz CT molecular complexity index is 773. The van der Waals surface area contributed by atoms with Crippen LogP contribution < -0.4 is 10.1 Å². The number of nitrogens with zero attached hydrogens (tertiary/aromatic N) is 4. The highest BCUT2D eigenvalue weighted by atomic mass is 35.5. The molecule has 0 unspecified atom stereocenters. The highest BCUT2D eigenvalue weighted by Crippen LogP contribution is 2.15. The second-order valence-electron chi connectivity index (χ2n) is 4.54. The molecule has 1 aromatic carbocycles. The maximum atomic E-state index is 11.8. The minimum absolute atomic E-state index is 0.105. The van der Waals surface area contributed by atoms with Gasteiger partial charge in [0.25, 0.3) is 5.91 Å². The molecule has 3 rings (SSSR count). The van der Waals surface area contributed by atoms with Crippen molar-refractivity contribution in [2.45, 2.75) is 0 Å². The Morgan fingerprint density at radius 3 is 2.70 bits per heavy atom. The summed E-state index contributed by atoms with van der Waals surface area (Å²) in [4.78, 5) is 19.9. The van der Waals surface area contributed by atoms with Gasteiger partial charge in [0.05, 0.1) is 11.9 Å². The number of rotatable bonds is 5. The number of aromatic nitrogens is 4. The van der Waals surface area contributed by atoms with E-state index in [4.69, 9.17) is 16.3 Å². The van der Waals surface area contributed by atoms with Crippen LogP contribution in [0.15, 0.2) is 55.2 Å². The molecular weight excluding hydrogens is 318 g/mol. The molecule has 8 heteroatoms. The Morgan fingerprint density at radius 2 is 2.04 bits per heavy atom. The van der Waals surface area contributed by atoms with Gasteiger partial charge in [0, 0.05) is 5.02 Å². The number of ether oxygens (including phenoxy) is 1. The van der Waals surface area contributed by atoms with Gasteiger partial charge in [-0.2, -0.15) is 5.10 Å². The maximum Gasteiger partial charge on any atom is 0.262 e. The second kappa shape index (κ2) is 6.89. The van der Waals surface area contributed by atoms with Crippen molar-refractivity contribution in [2.24, 2.45) is 0 Å². The van der Waals surface area contributed by atoms with E-state index in [1.54, 1.807) is 42.7 Å². The average Bonchev–Trinajstić information content (AvgIpc) is 3.09. The average molecular weight is 330 g/mol. The molecule has 0 fully saturated rings. The highest BCUT2D eigenvalue weighted by molar-refractivity contribution is 6.30. The summed E-state index contributed by atoms with van der Waals surface area (Å²) in [5, 5.41) is 7.28. The minimum Gasteiger partial charge on any atom is -0.484 e. The molecule has 2 aromatic heterocycles. The third-order valence-electron chi connectivity index (χ3n) is 2.87. The van der Waals surface area contributed by atoms with Crippen LogP contribution in [0.4, 0.5) is 5.69 Å². The number of hydrogen-bond donors (Lipinski definition) is 1. The summed E-state index contributed by atoms with van der Waals surface area (Å²) < 4.78 is 6.89. The van der Waals surface area contributed by atoms with Gasteiger partial charge in [-0.1, -0.05) is 11.6 Å². The number of amides is 1. The third kappa shape index (κ3) is 4.04. The molecular formula is C15H12ClN5O2. The smallest absolute Gasteiger partial charge is 0.262 e. The van der Waals surface area contributed by atoms with Gasteiger partial charge in [-0.3, -0.25) is 4.79 Å². The summed E-state index contributed by atoms with van der Waals surface area (Å²) in [7, 11) is 0. The summed E-state index contributed by atoms with van der Waals surface area (Å²) in [5.74, 6) is 0.900. The fourth-order valence-electron chi connectivity index (χ4n) is 1.80. The van der Waals surface area contributed by atoms with Crippen molar-refractivity contribution < 1.29 is 9.53 Å². The molecule has 116 valence electrons. The lowest BCUT2D eigenvalue weighted by molar-refractivity contribution is -0.118. The van der Waals surface area contributed by atoms with Gasteiger partial charge in [-0.15, -0.1) is 0 Å². The Labute approximate surface area is 136 Å². The molecule has 1 amide bonds. The van der Waals surface area contributed by atoms with Crippen molar-refractivity contribution in [3.05, 3.63) is 60.3 Å². The molecule has 7 nitrogen and oxygen atoms in total. The Morgan fingerprint density at radius 1 is 1.22 bits per heavy atom. The number of halogens is 1. The Balaban J connectivity index is 1.54. The van der Waals surface area contributed by atoms with Crippen molar-refractivity contribution in [3.8, 4) is 11.6 Å². The molecule has 23 heavy (non-hydrogen) atoms. The van der Waals surface area contributed by atoms with Gasteiger partial charge in [-0.25, -0.2) is 14.6 Å². The third-order valence-corrected chi connectivity index (χ3v) is 3.12. The minimum atomic E-state index is -0.282. The first kappa shape index (κ1) is 15.0. The summed E-state index contributed by atoms with van der Waals surface area (Å²) >= 11 is 5.78. The molecule has 0 saturated carbocycles. The first-order valence-corrected chi connectivity index (χ1v) is 7.08. The zero-order chi connectivity index (χ0) is 16.1. The highest BCUT2D eigenvalue weighted by Gasteiger charge is 2.05. The van der Waals surface area contributed by atoms with Crippen molar-refractivity contribution in [1.29, 1.82) is 0 Å². The van der Waals surface area contributed by atoms with E-state index in [0.29, 0.717) is 22.3 Å². The molecule has 0 bridgehead atoms. The number of hydrogen-bond acceptors (Lipinski definition) is 5. The molecule has 2 heterocycles. The molecule has 3 aromatic rings. The van der Waals surface area contributed by atoms with Crippen molar-refractivity contribution in [1.82, 2.24) is 19.7 Å². The molecule has 1 N–H and O–H groups in total. The zero-order valence-electron chi connectivity index (χ0n) is 11.9. The molecule has 0 aliphatic carbocycles. The van der Waals surface area contributed by atoms with Crippen molar-refractivity contribution >= 4 is 23.2 Å². The van der Waals surface area contributed by atoms with Gasteiger partial charge in [0.2, 0.25) is 0 Å². The molecule has 0 saturated heterocycles. The molecule has 0 aliphatic heterocycles. The number of carbonyl (C=O) groups excluding carboxylic acids is 1. The van der Waals surface area contributed by atoms with E-state index in [9.17, 15) is 4.79 Å². The molecule has 0 radical (unpaired) electrons. The van der Waals surface area contributed by atoms with Gasteiger partial charge in [0.1, 0.15) is 18.4 Å². The fourth-order valence-corrected chi connectivity index (χ4v) is 1.92. The monoisotopic (exact) mass is 329 g/mol. The molecule has 0 aliphatic rings. The normalized spacial score (nSPS) is 10.3. The van der Waals surface area contributed by atoms with E-state index in [-0.39, 0.29) is 12.5 Å². The van der Waals surface area contributed by atoms with E-state index in [1.807, 2.05) is 0 Å². The van der Waals surface area contributed by atoms with E-state index in [2.05, 4.69) is 20.4 Å². The zero-order valence-corrected chi connectivity index (χ0v) is 12.6. The quantitative estimate of drug-likeness (QED) is 0.777. The number of pyridine rings is 1. The van der Waals surface area contributed by atoms with E-state index >= 15 is 0 Å². The standard InChI is InChI=1S/C15H12ClN5O2/c16-11-1-4-13(5-2-11)23-8-15(22)20-12-3-6-14(18-7-12)21-10-17-9-19-21/h1-7,9-10H,8H2,(H,20,22). The lowest BCUT2D eigenvalue weighted by Gasteiger charge is -2.08. The summed E-state index contributed by atoms with van der Waals surface area (Å²) in [6, 6.07) is 10.2. The fraction of sp³-hybridized carbons (Fsp3) is 0.0667. The lowest BCUT2D eigenvalue weighted by atomic mass is 10.3. The van der Waals surface area contributed by atoms with Crippen LogP contribution in [0, 0.1) is 0 Å². The van der Waals surface area contributed by atoms with Crippen LogP contribution in [0.1, 0.15) is 0 Å². The number of carbonyl (C=O) groups is 1. The predicted octanol–water partition coefficient (Wildman–Crippen LogP) is 2.33. The number of benzene rings is 1. The van der Waals surface area contributed by atoms with Gasteiger partial charge < -0.3 is 10.1 Å². The van der Waals surface area contributed by atoms with E-state index in [1.165, 1.54) is 17.2 Å². The Hall–Kier alpha value is -2.93. The first-order chi connectivity index (χ1) is 11.2. The summed E-state index contributed by atoms with van der Waals surface area (Å²) in [6.45, 7) is -0.105. The summed E-state index contributed by atoms with van der Waals surface area (Å²) in [5.41, 5.74) is 0.568. The van der Waals surface area contributed by atoms with Crippen molar-refractivity contribution in [2.75, 3.05) is 11.9 Å². The topological polar surface area (TPSA) is 81.9 Å². The predicted molar refractivity (Wildman–Crippen MR) is 84.7 cm³/mol. The second-order valence-corrected chi connectivity index (χ2v) is 4.97. The van der Waals surface area contributed by atoms with Crippen LogP contribution >= 0.6 is 11.6 Å².